The van der Waals surface area contributed by atoms with Gasteiger partial charge in [0.05, 0.1) is 0 Å². The van der Waals surface area contributed by atoms with Gasteiger partial charge in [0, 0.05) is 31.7 Å². The molecule has 0 atom stereocenters. The highest BCUT2D eigenvalue weighted by atomic mass is 16.5. The second-order valence-electron chi connectivity index (χ2n) is 3.82. The Balaban J connectivity index is 2.21. The normalized spacial score (nSPS) is 21.3. The fraction of sp³-hybridized carbons (Fsp3) is 0.889. The van der Waals surface area contributed by atoms with Crippen molar-refractivity contribution in [2.45, 2.75) is 31.7 Å². The summed E-state index contributed by atoms with van der Waals surface area (Å²) in [4.78, 5) is 10.5. The van der Waals surface area contributed by atoms with Crippen LogP contribution in [-0.4, -0.2) is 31.2 Å². The third kappa shape index (κ3) is 3.74. The first-order chi connectivity index (χ1) is 6.12. The summed E-state index contributed by atoms with van der Waals surface area (Å²) in [6, 6.07) is 0. The van der Waals surface area contributed by atoms with Gasteiger partial charge in [-0.3, -0.25) is 4.79 Å². The molecule has 1 aliphatic heterocycles. The van der Waals surface area contributed by atoms with E-state index in [0.29, 0.717) is 13.0 Å². The maximum atomic E-state index is 10.5. The van der Waals surface area contributed by atoms with Gasteiger partial charge in [0.25, 0.3) is 0 Å². The van der Waals surface area contributed by atoms with Crippen molar-refractivity contribution in [3.8, 4) is 0 Å². The molecule has 1 saturated heterocycles. The van der Waals surface area contributed by atoms with Gasteiger partial charge in [-0.25, -0.2) is 0 Å². The second kappa shape index (κ2) is 4.58. The highest BCUT2D eigenvalue weighted by Crippen LogP contribution is 2.19. The van der Waals surface area contributed by atoms with Crippen LogP contribution in [0.15, 0.2) is 0 Å². The highest BCUT2D eigenvalue weighted by molar-refractivity contribution is 5.73. The van der Waals surface area contributed by atoms with Crippen LogP contribution in [0, 0.1) is 0 Å². The Morgan fingerprint density at radius 2 is 2.15 bits per heavy atom. The molecule has 1 rings (SSSR count). The predicted octanol–water partition coefficient (Wildman–Crippen LogP) is 0.0205. The van der Waals surface area contributed by atoms with Crippen LogP contribution in [0.25, 0.3) is 0 Å². The summed E-state index contributed by atoms with van der Waals surface area (Å²) >= 11 is 0. The second-order valence-corrected chi connectivity index (χ2v) is 3.82. The van der Waals surface area contributed by atoms with Crippen LogP contribution in [0.4, 0.5) is 0 Å². The van der Waals surface area contributed by atoms with Crippen LogP contribution in [-0.2, 0) is 9.53 Å². The van der Waals surface area contributed by atoms with Crippen molar-refractivity contribution >= 4 is 5.91 Å². The number of ether oxygens (including phenoxy) is 1. The monoisotopic (exact) mass is 186 g/mol. The zero-order valence-corrected chi connectivity index (χ0v) is 8.14. The highest BCUT2D eigenvalue weighted by Gasteiger charge is 2.26. The van der Waals surface area contributed by atoms with Crippen LogP contribution in [0.5, 0.6) is 0 Å². The van der Waals surface area contributed by atoms with E-state index in [1.54, 1.807) is 0 Å². The van der Waals surface area contributed by atoms with Crippen molar-refractivity contribution in [1.29, 1.82) is 0 Å². The van der Waals surface area contributed by atoms with Gasteiger partial charge in [0.2, 0.25) is 5.91 Å². The Labute approximate surface area is 78.8 Å². The molecule has 0 aromatic carbocycles. The van der Waals surface area contributed by atoms with E-state index in [4.69, 9.17) is 10.5 Å². The van der Waals surface area contributed by atoms with E-state index < -0.39 is 0 Å². The first kappa shape index (κ1) is 10.5. The Bertz CT molecular complexity index is 176. The van der Waals surface area contributed by atoms with Crippen LogP contribution < -0.4 is 11.1 Å². The standard InChI is InChI=1S/C9H18N2O2/c1-9(3-6-13-7-4-9)11-5-2-8(10)12/h11H,2-7H2,1H3,(H2,10,12). The van der Waals surface area contributed by atoms with Crippen LogP contribution in [0.2, 0.25) is 0 Å². The summed E-state index contributed by atoms with van der Waals surface area (Å²) < 4.78 is 5.26. The molecule has 0 aromatic heterocycles. The molecule has 1 amide bonds. The maximum Gasteiger partial charge on any atom is 0.218 e. The minimum atomic E-state index is -0.247. The lowest BCUT2D eigenvalue weighted by atomic mass is 9.92. The van der Waals surface area contributed by atoms with E-state index in [1.807, 2.05) is 0 Å². The number of hydrogen-bond acceptors (Lipinski definition) is 3. The summed E-state index contributed by atoms with van der Waals surface area (Å²) in [7, 11) is 0. The number of nitrogens with two attached hydrogens (primary N) is 1. The smallest absolute Gasteiger partial charge is 0.218 e. The number of rotatable bonds is 4. The molecule has 0 radical (unpaired) electrons. The Hall–Kier alpha value is -0.610. The summed E-state index contributed by atoms with van der Waals surface area (Å²) in [6.07, 6.45) is 2.42. The largest absolute Gasteiger partial charge is 0.381 e. The molecule has 0 aromatic rings. The molecule has 1 fully saturated rings. The molecule has 0 unspecified atom stereocenters. The number of carbonyl (C=O) groups excluding carboxylic acids is 1. The molecule has 0 aliphatic carbocycles. The van der Waals surface area contributed by atoms with E-state index in [9.17, 15) is 4.79 Å². The van der Waals surface area contributed by atoms with Gasteiger partial charge in [0.15, 0.2) is 0 Å². The van der Waals surface area contributed by atoms with Gasteiger partial charge in [-0.2, -0.15) is 0 Å². The van der Waals surface area contributed by atoms with Crippen molar-refractivity contribution < 1.29 is 9.53 Å². The van der Waals surface area contributed by atoms with Crippen LogP contribution in [0.1, 0.15) is 26.2 Å². The zero-order chi connectivity index (χ0) is 9.73. The average molecular weight is 186 g/mol. The molecular formula is C9H18N2O2. The molecule has 1 aliphatic rings. The van der Waals surface area contributed by atoms with Crippen LogP contribution in [0.3, 0.4) is 0 Å². The summed E-state index contributed by atoms with van der Waals surface area (Å²) in [5.74, 6) is -0.247. The third-order valence-electron chi connectivity index (χ3n) is 2.52. The third-order valence-corrected chi connectivity index (χ3v) is 2.52. The minimum absolute atomic E-state index is 0.133. The SMILES string of the molecule is CC1(NCCC(N)=O)CCOCC1. The van der Waals surface area contributed by atoms with Gasteiger partial charge in [-0.15, -0.1) is 0 Å². The van der Waals surface area contributed by atoms with E-state index in [1.165, 1.54) is 0 Å². The summed E-state index contributed by atoms with van der Waals surface area (Å²) in [6.45, 7) is 4.45. The van der Waals surface area contributed by atoms with Crippen molar-refractivity contribution in [3.05, 3.63) is 0 Å². The molecule has 13 heavy (non-hydrogen) atoms. The number of primary amides is 1. The lowest BCUT2D eigenvalue weighted by Gasteiger charge is -2.34. The quantitative estimate of drug-likeness (QED) is 0.650. The molecular weight excluding hydrogens is 168 g/mol. The molecule has 76 valence electrons. The molecule has 4 nitrogen and oxygen atoms in total. The van der Waals surface area contributed by atoms with E-state index in [2.05, 4.69) is 12.2 Å². The fourth-order valence-electron chi connectivity index (χ4n) is 1.49. The van der Waals surface area contributed by atoms with Gasteiger partial charge in [-0.1, -0.05) is 0 Å². The molecule has 0 spiro atoms. The lowest BCUT2D eigenvalue weighted by Crippen LogP contribution is -2.47. The molecule has 0 saturated carbocycles. The Morgan fingerprint density at radius 3 is 2.69 bits per heavy atom. The van der Waals surface area contributed by atoms with Crippen molar-refractivity contribution in [3.63, 3.8) is 0 Å². The van der Waals surface area contributed by atoms with Gasteiger partial charge in [-0.05, 0) is 19.8 Å². The number of nitrogens with one attached hydrogen (secondary N) is 1. The zero-order valence-electron chi connectivity index (χ0n) is 8.14. The Morgan fingerprint density at radius 1 is 1.54 bits per heavy atom. The van der Waals surface area contributed by atoms with Gasteiger partial charge < -0.3 is 15.8 Å². The fourth-order valence-corrected chi connectivity index (χ4v) is 1.49. The van der Waals surface area contributed by atoms with Crippen molar-refractivity contribution in [1.82, 2.24) is 5.32 Å². The first-order valence-corrected chi connectivity index (χ1v) is 4.73. The summed E-state index contributed by atoms with van der Waals surface area (Å²) in [5.41, 5.74) is 5.18. The molecule has 4 heteroatoms. The molecule has 1 heterocycles. The topological polar surface area (TPSA) is 64.3 Å². The molecule has 0 bridgehead atoms. The summed E-state index contributed by atoms with van der Waals surface area (Å²) in [5, 5.41) is 3.35. The van der Waals surface area contributed by atoms with Crippen LogP contribution >= 0.6 is 0 Å². The van der Waals surface area contributed by atoms with E-state index in [0.717, 1.165) is 26.1 Å². The minimum Gasteiger partial charge on any atom is -0.381 e. The number of hydrogen-bond donors (Lipinski definition) is 2. The van der Waals surface area contributed by atoms with Gasteiger partial charge >= 0.3 is 0 Å². The van der Waals surface area contributed by atoms with E-state index >= 15 is 0 Å². The van der Waals surface area contributed by atoms with E-state index in [-0.39, 0.29) is 11.4 Å². The average Bonchev–Trinajstić information content (AvgIpc) is 2.04. The lowest BCUT2D eigenvalue weighted by molar-refractivity contribution is -0.118. The molecule has 3 N–H and O–H groups in total. The van der Waals surface area contributed by atoms with Crippen molar-refractivity contribution in [2.75, 3.05) is 19.8 Å². The Kier molecular flexibility index (Phi) is 3.69. The van der Waals surface area contributed by atoms with Gasteiger partial charge in [0.1, 0.15) is 0 Å². The predicted molar refractivity (Wildman–Crippen MR) is 50.3 cm³/mol. The number of carbonyl (C=O) groups is 1. The first-order valence-electron chi connectivity index (χ1n) is 4.73. The number of amides is 1. The van der Waals surface area contributed by atoms with Crippen molar-refractivity contribution in [2.24, 2.45) is 5.73 Å². The maximum absolute atomic E-state index is 10.5.